The van der Waals surface area contributed by atoms with Gasteiger partial charge in [0.15, 0.2) is 22.5 Å². The Morgan fingerprint density at radius 2 is 1.86 bits per heavy atom. The van der Waals surface area contributed by atoms with E-state index in [0.29, 0.717) is 30.4 Å². The van der Waals surface area contributed by atoms with Gasteiger partial charge in [0.25, 0.3) is 5.91 Å². The van der Waals surface area contributed by atoms with Gasteiger partial charge >= 0.3 is 0 Å². The number of carbonyl (C=O) groups is 1. The molecule has 0 unspecified atom stereocenters. The first-order valence-electron chi connectivity index (χ1n) is 6.60. The SMILES string of the molecule is CCOc1ccc(NC(=O)c2ccc(Cl)o2)cc1OCC. The molecule has 6 heteroatoms. The molecule has 5 nitrogen and oxygen atoms in total. The molecule has 1 aromatic carbocycles. The fraction of sp³-hybridized carbons (Fsp3) is 0.267. The molecule has 0 saturated carbocycles. The van der Waals surface area contributed by atoms with E-state index in [1.54, 1.807) is 18.2 Å². The van der Waals surface area contributed by atoms with Gasteiger partial charge in [-0.1, -0.05) is 0 Å². The number of halogens is 1. The number of rotatable bonds is 6. The third-order valence-electron chi connectivity index (χ3n) is 2.60. The van der Waals surface area contributed by atoms with Gasteiger partial charge in [0.1, 0.15) is 0 Å². The van der Waals surface area contributed by atoms with Crippen molar-refractivity contribution in [2.75, 3.05) is 18.5 Å². The van der Waals surface area contributed by atoms with Crippen molar-refractivity contribution in [1.29, 1.82) is 0 Å². The predicted octanol–water partition coefficient (Wildman–Crippen LogP) is 3.98. The molecule has 0 aliphatic heterocycles. The Balaban J connectivity index is 2.16. The maximum atomic E-state index is 12.0. The number of hydrogen-bond acceptors (Lipinski definition) is 4. The van der Waals surface area contributed by atoms with Crippen LogP contribution in [0.5, 0.6) is 11.5 Å². The van der Waals surface area contributed by atoms with Crippen LogP contribution in [0.1, 0.15) is 24.4 Å². The zero-order chi connectivity index (χ0) is 15.2. The Hall–Kier alpha value is -2.14. The minimum absolute atomic E-state index is 0.145. The number of hydrogen-bond donors (Lipinski definition) is 1. The van der Waals surface area contributed by atoms with E-state index >= 15 is 0 Å². The number of nitrogens with one attached hydrogen (secondary N) is 1. The van der Waals surface area contributed by atoms with Crippen LogP contribution in [0.25, 0.3) is 0 Å². The highest BCUT2D eigenvalue weighted by Gasteiger charge is 2.12. The molecule has 0 spiro atoms. The van der Waals surface area contributed by atoms with E-state index < -0.39 is 0 Å². The molecule has 1 aromatic heterocycles. The van der Waals surface area contributed by atoms with E-state index in [-0.39, 0.29) is 16.9 Å². The maximum absolute atomic E-state index is 12.0. The van der Waals surface area contributed by atoms with Crippen molar-refractivity contribution in [2.45, 2.75) is 13.8 Å². The Kier molecular flexibility index (Phi) is 5.11. The monoisotopic (exact) mass is 309 g/mol. The normalized spacial score (nSPS) is 10.2. The number of ether oxygens (including phenoxy) is 2. The van der Waals surface area contributed by atoms with Gasteiger partial charge in [0.2, 0.25) is 0 Å². The minimum Gasteiger partial charge on any atom is -0.490 e. The van der Waals surface area contributed by atoms with Crippen LogP contribution in [0.3, 0.4) is 0 Å². The maximum Gasteiger partial charge on any atom is 0.291 e. The first kappa shape index (κ1) is 15.3. The Labute approximate surface area is 127 Å². The predicted molar refractivity (Wildman–Crippen MR) is 80.5 cm³/mol. The first-order chi connectivity index (χ1) is 10.1. The van der Waals surface area contributed by atoms with Crippen LogP contribution in [0.15, 0.2) is 34.7 Å². The smallest absolute Gasteiger partial charge is 0.291 e. The highest BCUT2D eigenvalue weighted by Crippen LogP contribution is 2.30. The van der Waals surface area contributed by atoms with Crippen LogP contribution in [-0.4, -0.2) is 19.1 Å². The summed E-state index contributed by atoms with van der Waals surface area (Å²) < 4.78 is 16.0. The highest BCUT2D eigenvalue weighted by atomic mass is 35.5. The van der Waals surface area contributed by atoms with E-state index in [1.165, 1.54) is 12.1 Å². The zero-order valence-electron chi connectivity index (χ0n) is 11.8. The molecular formula is C15H16ClNO4. The van der Waals surface area contributed by atoms with E-state index in [0.717, 1.165) is 0 Å². The number of benzene rings is 1. The number of amides is 1. The summed E-state index contributed by atoms with van der Waals surface area (Å²) in [5, 5.41) is 2.88. The molecule has 1 heterocycles. The molecule has 1 N–H and O–H groups in total. The average Bonchev–Trinajstić information content (AvgIpc) is 2.89. The van der Waals surface area contributed by atoms with Gasteiger partial charge in [-0.25, -0.2) is 0 Å². The summed E-state index contributed by atoms with van der Waals surface area (Å²) in [6.07, 6.45) is 0. The van der Waals surface area contributed by atoms with Crippen LogP contribution >= 0.6 is 11.6 Å². The third-order valence-corrected chi connectivity index (χ3v) is 2.80. The molecular weight excluding hydrogens is 294 g/mol. The topological polar surface area (TPSA) is 60.7 Å². The molecule has 0 atom stereocenters. The lowest BCUT2D eigenvalue weighted by Gasteiger charge is -2.12. The van der Waals surface area contributed by atoms with Crippen LogP contribution in [0, 0.1) is 0 Å². The summed E-state index contributed by atoms with van der Waals surface area (Å²) in [6.45, 7) is 4.82. The van der Waals surface area contributed by atoms with Crippen molar-refractivity contribution in [3.8, 4) is 11.5 Å². The van der Waals surface area contributed by atoms with Crippen LogP contribution in [0.4, 0.5) is 5.69 Å². The molecule has 0 bridgehead atoms. The Morgan fingerprint density at radius 1 is 1.14 bits per heavy atom. The lowest BCUT2D eigenvalue weighted by molar-refractivity contribution is 0.0996. The van der Waals surface area contributed by atoms with Gasteiger partial charge in [0.05, 0.1) is 13.2 Å². The second-order valence-electron chi connectivity index (χ2n) is 4.09. The van der Waals surface area contributed by atoms with Crippen molar-refractivity contribution in [3.05, 3.63) is 41.3 Å². The van der Waals surface area contributed by atoms with Crippen molar-refractivity contribution < 1.29 is 18.7 Å². The summed E-state index contributed by atoms with van der Waals surface area (Å²) >= 11 is 5.65. The summed E-state index contributed by atoms with van der Waals surface area (Å²) in [7, 11) is 0. The fourth-order valence-corrected chi connectivity index (χ4v) is 1.90. The molecule has 112 valence electrons. The molecule has 21 heavy (non-hydrogen) atoms. The van der Waals surface area contributed by atoms with E-state index in [1.807, 2.05) is 13.8 Å². The molecule has 2 aromatic rings. The quantitative estimate of drug-likeness (QED) is 0.876. The molecule has 0 aliphatic rings. The summed E-state index contributed by atoms with van der Waals surface area (Å²) in [5.41, 5.74) is 0.583. The molecule has 0 radical (unpaired) electrons. The minimum atomic E-state index is -0.381. The van der Waals surface area contributed by atoms with Crippen molar-refractivity contribution in [3.63, 3.8) is 0 Å². The van der Waals surface area contributed by atoms with Gasteiger partial charge in [-0.05, 0) is 49.7 Å². The van der Waals surface area contributed by atoms with Crippen LogP contribution in [0.2, 0.25) is 5.22 Å². The van der Waals surface area contributed by atoms with E-state index in [2.05, 4.69) is 5.32 Å². The average molecular weight is 310 g/mol. The second-order valence-corrected chi connectivity index (χ2v) is 4.46. The Morgan fingerprint density at radius 3 is 2.48 bits per heavy atom. The molecule has 1 amide bonds. The van der Waals surface area contributed by atoms with Crippen molar-refractivity contribution in [2.24, 2.45) is 0 Å². The van der Waals surface area contributed by atoms with Crippen LogP contribution < -0.4 is 14.8 Å². The summed E-state index contributed by atoms with van der Waals surface area (Å²) in [6, 6.07) is 8.21. The van der Waals surface area contributed by atoms with Crippen LogP contribution in [-0.2, 0) is 0 Å². The molecule has 0 aliphatic carbocycles. The Bertz CT molecular complexity index is 624. The lowest BCUT2D eigenvalue weighted by atomic mass is 10.2. The van der Waals surface area contributed by atoms with Gasteiger partial charge < -0.3 is 19.2 Å². The summed E-state index contributed by atoms with van der Waals surface area (Å²) in [5.74, 6) is 0.980. The first-order valence-corrected chi connectivity index (χ1v) is 6.98. The molecule has 2 rings (SSSR count). The largest absolute Gasteiger partial charge is 0.490 e. The molecule has 0 fully saturated rings. The van der Waals surface area contributed by atoms with Crippen molar-refractivity contribution >= 4 is 23.2 Å². The lowest BCUT2D eigenvalue weighted by Crippen LogP contribution is -2.11. The zero-order valence-corrected chi connectivity index (χ0v) is 12.6. The van der Waals surface area contributed by atoms with Gasteiger partial charge in [0, 0.05) is 11.8 Å². The molecule has 0 saturated heterocycles. The van der Waals surface area contributed by atoms with Gasteiger partial charge in [-0.15, -0.1) is 0 Å². The number of anilines is 1. The highest BCUT2D eigenvalue weighted by molar-refractivity contribution is 6.29. The number of carbonyl (C=O) groups excluding carboxylic acids is 1. The van der Waals surface area contributed by atoms with Gasteiger partial charge in [-0.2, -0.15) is 0 Å². The fourth-order valence-electron chi connectivity index (χ4n) is 1.76. The van der Waals surface area contributed by atoms with Gasteiger partial charge in [-0.3, -0.25) is 4.79 Å². The summed E-state index contributed by atoms with van der Waals surface area (Å²) in [4.78, 5) is 12.0. The standard InChI is InChI=1S/C15H16ClNO4/c1-3-19-11-6-5-10(9-13(11)20-4-2)17-15(18)12-7-8-14(16)21-12/h5-9H,3-4H2,1-2H3,(H,17,18). The second kappa shape index (κ2) is 7.04. The van der Waals surface area contributed by atoms with Crippen molar-refractivity contribution in [1.82, 2.24) is 0 Å². The number of furan rings is 1. The van der Waals surface area contributed by atoms with E-state index in [4.69, 9.17) is 25.5 Å². The van der Waals surface area contributed by atoms with E-state index in [9.17, 15) is 4.79 Å². The third kappa shape index (κ3) is 3.92.